The lowest BCUT2D eigenvalue weighted by Crippen LogP contribution is -2.30. The molecule has 0 bridgehead atoms. The van der Waals surface area contributed by atoms with E-state index in [1.54, 1.807) is 12.1 Å². The van der Waals surface area contributed by atoms with Gasteiger partial charge in [-0.15, -0.1) is 0 Å². The average Bonchev–Trinajstić information content (AvgIpc) is 2.76. The van der Waals surface area contributed by atoms with Crippen LogP contribution < -0.4 is 5.73 Å². The molecule has 0 saturated carbocycles. The van der Waals surface area contributed by atoms with Crippen molar-refractivity contribution in [2.75, 3.05) is 0 Å². The number of benzene rings is 1. The number of hydrogen-bond acceptors (Lipinski definition) is 1. The Morgan fingerprint density at radius 2 is 1.81 bits per heavy atom. The van der Waals surface area contributed by atoms with Crippen molar-refractivity contribution >= 4 is 34.8 Å². The highest BCUT2D eigenvalue weighted by Crippen LogP contribution is 2.42. The minimum Gasteiger partial charge on any atom is -0.324 e. The Kier molecular flexibility index (Phi) is 3.77. The van der Waals surface area contributed by atoms with Gasteiger partial charge in [-0.05, 0) is 42.0 Å². The van der Waals surface area contributed by atoms with Crippen LogP contribution in [0.5, 0.6) is 0 Å². The van der Waals surface area contributed by atoms with Crippen molar-refractivity contribution in [3.8, 4) is 5.69 Å². The molecule has 5 heteroatoms. The fraction of sp³-hybridized carbons (Fsp3) is 0.375. The molecule has 2 aromatic rings. The fourth-order valence-corrected chi connectivity index (χ4v) is 3.79. The predicted octanol–water partition coefficient (Wildman–Crippen LogP) is 5.41. The quantitative estimate of drug-likeness (QED) is 0.690. The lowest BCUT2D eigenvalue weighted by Gasteiger charge is -2.34. The van der Waals surface area contributed by atoms with E-state index in [-0.39, 0.29) is 11.5 Å². The van der Waals surface area contributed by atoms with Crippen molar-refractivity contribution in [1.82, 2.24) is 4.57 Å². The zero-order valence-electron chi connectivity index (χ0n) is 12.0. The fourth-order valence-electron chi connectivity index (χ4n) is 3.16. The Balaban J connectivity index is 2.16. The van der Waals surface area contributed by atoms with Crippen molar-refractivity contribution in [3.63, 3.8) is 0 Å². The molecule has 2 N–H and O–H groups in total. The molecule has 1 aliphatic carbocycles. The second-order valence-corrected chi connectivity index (χ2v) is 7.68. The van der Waals surface area contributed by atoms with Crippen LogP contribution in [0.1, 0.15) is 37.6 Å². The summed E-state index contributed by atoms with van der Waals surface area (Å²) < 4.78 is 2.08. The smallest absolute Gasteiger partial charge is 0.0662 e. The third-order valence-electron chi connectivity index (χ3n) is 4.09. The van der Waals surface area contributed by atoms with Gasteiger partial charge in [0.1, 0.15) is 0 Å². The second kappa shape index (κ2) is 5.20. The molecule has 21 heavy (non-hydrogen) atoms. The summed E-state index contributed by atoms with van der Waals surface area (Å²) in [6.07, 6.45) is 3.95. The molecule has 0 amide bonds. The van der Waals surface area contributed by atoms with E-state index >= 15 is 0 Å². The maximum atomic E-state index is 6.35. The molecule has 2 nitrogen and oxygen atoms in total. The summed E-state index contributed by atoms with van der Waals surface area (Å²) in [6.45, 7) is 4.48. The number of aromatic nitrogens is 1. The Labute approximate surface area is 139 Å². The maximum Gasteiger partial charge on any atom is 0.0662 e. The standard InChI is InChI=1S/C16H17Cl3N2/c1-16(2)7-13(20)9-3-4-21(15(9)8-16)14-6-11(18)10(17)5-12(14)19/h3-6,13H,7-8,20H2,1-2H3. The molecule has 0 saturated heterocycles. The number of nitrogens with two attached hydrogens (primary N) is 1. The lowest BCUT2D eigenvalue weighted by atomic mass is 9.74. The minimum absolute atomic E-state index is 0.0616. The van der Waals surface area contributed by atoms with Crippen LogP contribution in [0.25, 0.3) is 5.69 Å². The van der Waals surface area contributed by atoms with Crippen LogP contribution >= 0.6 is 34.8 Å². The van der Waals surface area contributed by atoms with Crippen LogP contribution in [0.2, 0.25) is 15.1 Å². The van der Waals surface area contributed by atoms with Crippen LogP contribution in [0.4, 0.5) is 0 Å². The average molecular weight is 344 g/mol. The summed E-state index contributed by atoms with van der Waals surface area (Å²) in [6, 6.07) is 5.63. The molecule has 0 radical (unpaired) electrons. The van der Waals surface area contributed by atoms with Gasteiger partial charge in [-0.25, -0.2) is 0 Å². The summed E-state index contributed by atoms with van der Waals surface area (Å²) in [4.78, 5) is 0. The SMILES string of the molecule is CC1(C)Cc2c(ccn2-c2cc(Cl)c(Cl)cc2Cl)C(N)C1. The molecule has 1 aromatic carbocycles. The largest absolute Gasteiger partial charge is 0.324 e. The van der Waals surface area contributed by atoms with Gasteiger partial charge < -0.3 is 10.3 Å². The molecule has 0 spiro atoms. The van der Waals surface area contributed by atoms with Crippen LogP contribution in [0.3, 0.4) is 0 Å². The first-order valence-corrected chi connectivity index (χ1v) is 8.02. The number of nitrogens with zero attached hydrogens (tertiary/aromatic N) is 1. The van der Waals surface area contributed by atoms with Gasteiger partial charge in [0.25, 0.3) is 0 Å². The Morgan fingerprint density at radius 3 is 2.52 bits per heavy atom. The van der Waals surface area contributed by atoms with Crippen molar-refractivity contribution in [2.45, 2.75) is 32.7 Å². The maximum absolute atomic E-state index is 6.35. The molecule has 1 heterocycles. The van der Waals surface area contributed by atoms with E-state index in [2.05, 4.69) is 24.5 Å². The number of halogens is 3. The zero-order chi connectivity index (χ0) is 15.4. The number of fused-ring (bicyclic) bond motifs is 1. The molecule has 0 aliphatic heterocycles. The molecule has 3 rings (SSSR count). The minimum atomic E-state index is 0.0616. The number of rotatable bonds is 1. The lowest BCUT2D eigenvalue weighted by molar-refractivity contribution is 0.278. The molecule has 1 aliphatic rings. The van der Waals surface area contributed by atoms with Gasteiger partial charge in [-0.3, -0.25) is 0 Å². The van der Waals surface area contributed by atoms with Gasteiger partial charge in [0.2, 0.25) is 0 Å². The summed E-state index contributed by atoms with van der Waals surface area (Å²) in [5, 5.41) is 1.54. The molecule has 1 unspecified atom stereocenters. The zero-order valence-corrected chi connectivity index (χ0v) is 14.2. The van der Waals surface area contributed by atoms with Gasteiger partial charge in [-0.1, -0.05) is 48.7 Å². The summed E-state index contributed by atoms with van der Waals surface area (Å²) in [5.41, 5.74) is 9.73. The highest BCUT2D eigenvalue weighted by molar-refractivity contribution is 6.43. The van der Waals surface area contributed by atoms with Crippen molar-refractivity contribution in [1.29, 1.82) is 0 Å². The van der Waals surface area contributed by atoms with E-state index < -0.39 is 0 Å². The highest BCUT2D eigenvalue weighted by atomic mass is 35.5. The van der Waals surface area contributed by atoms with Crippen molar-refractivity contribution in [2.24, 2.45) is 11.1 Å². The Morgan fingerprint density at radius 1 is 1.14 bits per heavy atom. The Hall–Kier alpha value is -0.670. The van der Waals surface area contributed by atoms with E-state index in [0.717, 1.165) is 18.5 Å². The summed E-state index contributed by atoms with van der Waals surface area (Å²) >= 11 is 18.5. The monoisotopic (exact) mass is 342 g/mol. The van der Waals surface area contributed by atoms with Crippen LogP contribution in [0.15, 0.2) is 24.4 Å². The van der Waals surface area contributed by atoms with Crippen LogP contribution in [-0.2, 0) is 6.42 Å². The first-order valence-electron chi connectivity index (χ1n) is 6.89. The van der Waals surface area contributed by atoms with E-state index in [1.165, 1.54) is 11.3 Å². The summed E-state index contributed by atoms with van der Waals surface area (Å²) in [7, 11) is 0. The van der Waals surface area contributed by atoms with Gasteiger partial charge in [0.05, 0.1) is 20.8 Å². The van der Waals surface area contributed by atoms with Crippen LogP contribution in [0, 0.1) is 5.41 Å². The first kappa shape index (κ1) is 15.2. The van der Waals surface area contributed by atoms with Crippen molar-refractivity contribution < 1.29 is 0 Å². The molecule has 1 atom stereocenters. The topological polar surface area (TPSA) is 30.9 Å². The molecule has 1 aromatic heterocycles. The third-order valence-corrected chi connectivity index (χ3v) is 5.12. The highest BCUT2D eigenvalue weighted by Gasteiger charge is 2.32. The summed E-state index contributed by atoms with van der Waals surface area (Å²) in [5.74, 6) is 0. The molecular weight excluding hydrogens is 327 g/mol. The van der Waals surface area contributed by atoms with E-state index in [0.29, 0.717) is 15.1 Å². The van der Waals surface area contributed by atoms with Gasteiger partial charge in [0, 0.05) is 17.9 Å². The first-order chi connectivity index (χ1) is 9.78. The van der Waals surface area contributed by atoms with Crippen molar-refractivity contribution in [3.05, 3.63) is 50.7 Å². The van der Waals surface area contributed by atoms with Crippen LogP contribution in [-0.4, -0.2) is 4.57 Å². The normalized spacial score (nSPS) is 20.4. The second-order valence-electron chi connectivity index (χ2n) is 6.46. The van der Waals surface area contributed by atoms with E-state index in [4.69, 9.17) is 40.5 Å². The van der Waals surface area contributed by atoms with Gasteiger partial charge >= 0.3 is 0 Å². The molecule has 112 valence electrons. The number of hydrogen-bond donors (Lipinski definition) is 1. The van der Waals surface area contributed by atoms with Gasteiger partial charge in [0.15, 0.2) is 0 Å². The van der Waals surface area contributed by atoms with E-state index in [1.807, 2.05) is 6.20 Å². The van der Waals surface area contributed by atoms with Gasteiger partial charge in [-0.2, -0.15) is 0 Å². The molecule has 0 fully saturated rings. The Bertz CT molecular complexity index is 704. The third kappa shape index (κ3) is 2.70. The van der Waals surface area contributed by atoms with E-state index in [9.17, 15) is 0 Å². The molecular formula is C16H17Cl3N2. The predicted molar refractivity (Wildman–Crippen MR) is 89.8 cm³/mol.